The molecule has 0 unspecified atom stereocenters. The van der Waals surface area contributed by atoms with Crippen molar-refractivity contribution in [1.82, 2.24) is 10.2 Å². The highest BCUT2D eigenvalue weighted by Gasteiger charge is 2.29. The van der Waals surface area contributed by atoms with Gasteiger partial charge in [0.2, 0.25) is 21.8 Å². The third-order valence-corrected chi connectivity index (χ3v) is 6.80. The predicted molar refractivity (Wildman–Crippen MR) is 136 cm³/mol. The van der Waals surface area contributed by atoms with Crippen LogP contribution in [0.4, 0.5) is 5.69 Å². The first-order valence-corrected chi connectivity index (χ1v) is 13.5. The number of carbonyl (C=O) groups excluding carboxylic acids is 2. The van der Waals surface area contributed by atoms with Crippen molar-refractivity contribution in [3.63, 3.8) is 0 Å². The number of hydrogen-bond donors (Lipinski definition) is 1. The van der Waals surface area contributed by atoms with Gasteiger partial charge in [-0.2, -0.15) is 0 Å². The molecule has 0 aliphatic heterocycles. The molecule has 0 aromatic heterocycles. The Labute approximate surface area is 205 Å². The molecule has 180 valence electrons. The van der Waals surface area contributed by atoms with E-state index in [2.05, 4.69) is 21.2 Å². The molecule has 0 saturated heterocycles. The fourth-order valence-electron chi connectivity index (χ4n) is 3.24. The molecule has 2 amide bonds. The summed E-state index contributed by atoms with van der Waals surface area (Å²) < 4.78 is 26.9. The Bertz CT molecular complexity index is 1030. The lowest BCUT2D eigenvalue weighted by Crippen LogP contribution is -2.52. The summed E-state index contributed by atoms with van der Waals surface area (Å²) in [6.45, 7) is 6.05. The molecule has 0 bridgehead atoms. The standard InChI is InChI=1S/C24H32BrN3O4S/c1-18(2)16-26-24(30)19(3)27(15-14-20-8-6-5-7-9-20)23(29)17-28(33(4,31)32)22-12-10-21(25)11-13-22/h5-13,18-19H,14-17H2,1-4H3,(H,26,30)/t19-/m1/s1. The molecule has 1 N–H and O–H groups in total. The van der Waals surface area contributed by atoms with E-state index < -0.39 is 28.5 Å². The van der Waals surface area contributed by atoms with Gasteiger partial charge in [-0.25, -0.2) is 8.42 Å². The van der Waals surface area contributed by atoms with Gasteiger partial charge >= 0.3 is 0 Å². The lowest BCUT2D eigenvalue weighted by molar-refractivity contribution is -0.138. The first-order valence-electron chi connectivity index (χ1n) is 10.8. The minimum Gasteiger partial charge on any atom is -0.354 e. The summed E-state index contributed by atoms with van der Waals surface area (Å²) in [5, 5.41) is 2.87. The Morgan fingerprint density at radius 3 is 2.15 bits per heavy atom. The molecule has 0 fully saturated rings. The van der Waals surface area contributed by atoms with Crippen LogP contribution in [0.5, 0.6) is 0 Å². The van der Waals surface area contributed by atoms with E-state index in [0.29, 0.717) is 18.7 Å². The zero-order valence-electron chi connectivity index (χ0n) is 19.5. The molecule has 1 atom stereocenters. The quantitative estimate of drug-likeness (QED) is 0.475. The topological polar surface area (TPSA) is 86.8 Å². The summed E-state index contributed by atoms with van der Waals surface area (Å²) in [4.78, 5) is 27.6. The summed E-state index contributed by atoms with van der Waals surface area (Å²) in [7, 11) is -3.72. The molecule has 0 aliphatic rings. The van der Waals surface area contributed by atoms with Crippen molar-refractivity contribution < 1.29 is 18.0 Å². The van der Waals surface area contributed by atoms with Crippen LogP contribution >= 0.6 is 15.9 Å². The molecule has 33 heavy (non-hydrogen) atoms. The highest BCUT2D eigenvalue weighted by Crippen LogP contribution is 2.21. The van der Waals surface area contributed by atoms with Crippen LogP contribution < -0.4 is 9.62 Å². The average Bonchev–Trinajstić information content (AvgIpc) is 2.76. The molecule has 0 spiro atoms. The minimum atomic E-state index is -3.72. The molecule has 0 saturated carbocycles. The third kappa shape index (κ3) is 8.47. The molecule has 0 heterocycles. The zero-order valence-corrected chi connectivity index (χ0v) is 21.9. The van der Waals surface area contributed by atoms with Gasteiger partial charge in [-0.05, 0) is 49.1 Å². The largest absolute Gasteiger partial charge is 0.354 e. The molecule has 0 aliphatic carbocycles. The Kier molecular flexibility index (Phi) is 9.91. The number of sulfonamides is 1. The number of rotatable bonds is 11. The van der Waals surface area contributed by atoms with E-state index in [1.165, 1.54) is 4.90 Å². The van der Waals surface area contributed by atoms with Gasteiger partial charge < -0.3 is 10.2 Å². The number of nitrogens with zero attached hydrogens (tertiary/aromatic N) is 2. The molecule has 2 aromatic carbocycles. The van der Waals surface area contributed by atoms with Gasteiger partial charge in [0.15, 0.2) is 0 Å². The van der Waals surface area contributed by atoms with Crippen molar-refractivity contribution in [3.8, 4) is 0 Å². The Balaban J connectivity index is 2.27. The summed E-state index contributed by atoms with van der Waals surface area (Å²) in [5.74, 6) is -0.432. The first kappa shape index (κ1) is 26.9. The van der Waals surface area contributed by atoms with Crippen LogP contribution in [0.2, 0.25) is 0 Å². The van der Waals surface area contributed by atoms with Crippen LogP contribution in [-0.2, 0) is 26.0 Å². The van der Waals surface area contributed by atoms with E-state index in [1.54, 1.807) is 31.2 Å². The summed E-state index contributed by atoms with van der Waals surface area (Å²) >= 11 is 3.33. The number of amides is 2. The van der Waals surface area contributed by atoms with Crippen LogP contribution in [-0.4, -0.2) is 57.1 Å². The zero-order chi connectivity index (χ0) is 24.6. The van der Waals surface area contributed by atoms with Crippen molar-refractivity contribution in [2.75, 3.05) is 30.2 Å². The van der Waals surface area contributed by atoms with Gasteiger partial charge in [0.05, 0.1) is 11.9 Å². The maximum absolute atomic E-state index is 13.4. The smallest absolute Gasteiger partial charge is 0.244 e. The van der Waals surface area contributed by atoms with Crippen LogP contribution in [0.3, 0.4) is 0 Å². The maximum Gasteiger partial charge on any atom is 0.244 e. The van der Waals surface area contributed by atoms with Gasteiger partial charge in [-0.3, -0.25) is 13.9 Å². The molecular formula is C24H32BrN3O4S. The van der Waals surface area contributed by atoms with Crippen molar-refractivity contribution in [3.05, 3.63) is 64.6 Å². The number of benzene rings is 2. The lowest BCUT2D eigenvalue weighted by atomic mass is 10.1. The monoisotopic (exact) mass is 537 g/mol. The van der Waals surface area contributed by atoms with E-state index in [4.69, 9.17) is 0 Å². The van der Waals surface area contributed by atoms with Gasteiger partial charge in [-0.1, -0.05) is 60.1 Å². The number of halogens is 1. The molecular weight excluding hydrogens is 506 g/mol. The fraction of sp³-hybridized carbons (Fsp3) is 0.417. The third-order valence-electron chi connectivity index (χ3n) is 5.13. The second kappa shape index (κ2) is 12.2. The maximum atomic E-state index is 13.4. The summed E-state index contributed by atoms with van der Waals surface area (Å²) in [6, 6.07) is 15.6. The normalized spacial score (nSPS) is 12.3. The fourth-order valence-corrected chi connectivity index (χ4v) is 4.36. The van der Waals surface area contributed by atoms with Gasteiger partial charge in [0.1, 0.15) is 12.6 Å². The van der Waals surface area contributed by atoms with Gasteiger partial charge in [0, 0.05) is 17.6 Å². The lowest BCUT2D eigenvalue weighted by Gasteiger charge is -2.31. The minimum absolute atomic E-state index is 0.264. The van der Waals surface area contributed by atoms with E-state index >= 15 is 0 Å². The van der Waals surface area contributed by atoms with Crippen LogP contribution in [0, 0.1) is 5.92 Å². The average molecular weight is 539 g/mol. The van der Waals surface area contributed by atoms with Crippen molar-refractivity contribution >= 4 is 43.5 Å². The number of carbonyl (C=O) groups is 2. The van der Waals surface area contributed by atoms with Crippen LogP contribution in [0.1, 0.15) is 26.3 Å². The number of nitrogens with one attached hydrogen (secondary N) is 1. The van der Waals surface area contributed by atoms with Gasteiger partial charge in [-0.15, -0.1) is 0 Å². The molecule has 0 radical (unpaired) electrons. The summed E-state index contributed by atoms with van der Waals surface area (Å²) in [6.07, 6.45) is 1.61. The highest BCUT2D eigenvalue weighted by molar-refractivity contribution is 9.10. The Morgan fingerprint density at radius 2 is 1.61 bits per heavy atom. The van der Waals surface area contributed by atoms with E-state index in [9.17, 15) is 18.0 Å². The Hall–Kier alpha value is -2.39. The molecule has 9 heteroatoms. The van der Waals surface area contributed by atoms with E-state index in [1.807, 2.05) is 44.2 Å². The van der Waals surface area contributed by atoms with Crippen LogP contribution in [0.25, 0.3) is 0 Å². The molecule has 7 nitrogen and oxygen atoms in total. The van der Waals surface area contributed by atoms with Crippen LogP contribution in [0.15, 0.2) is 59.1 Å². The van der Waals surface area contributed by atoms with Crippen molar-refractivity contribution in [2.45, 2.75) is 33.2 Å². The molecule has 2 rings (SSSR count). The van der Waals surface area contributed by atoms with Gasteiger partial charge in [0.25, 0.3) is 0 Å². The van der Waals surface area contributed by atoms with Crippen molar-refractivity contribution in [2.24, 2.45) is 5.92 Å². The van der Waals surface area contributed by atoms with Crippen molar-refractivity contribution in [1.29, 1.82) is 0 Å². The summed E-state index contributed by atoms with van der Waals surface area (Å²) in [5.41, 5.74) is 1.41. The first-order chi connectivity index (χ1) is 15.5. The number of hydrogen-bond acceptors (Lipinski definition) is 4. The number of anilines is 1. The SMILES string of the molecule is CC(C)CNC(=O)[C@@H](C)N(CCc1ccccc1)C(=O)CN(c1ccc(Br)cc1)S(C)(=O)=O. The second-order valence-electron chi connectivity index (χ2n) is 8.38. The predicted octanol–water partition coefficient (Wildman–Crippen LogP) is 3.45. The van der Waals surface area contributed by atoms with E-state index in [-0.39, 0.29) is 18.4 Å². The van der Waals surface area contributed by atoms with E-state index in [0.717, 1.165) is 20.6 Å². The Morgan fingerprint density at radius 1 is 1.00 bits per heavy atom. The second-order valence-corrected chi connectivity index (χ2v) is 11.2. The molecule has 2 aromatic rings. The highest BCUT2D eigenvalue weighted by atomic mass is 79.9.